The molecule has 21 heavy (non-hydrogen) atoms. The summed E-state index contributed by atoms with van der Waals surface area (Å²) in [7, 11) is 0. The highest BCUT2D eigenvalue weighted by molar-refractivity contribution is 5.80. The molecule has 1 N–H and O–H groups in total. The number of carbonyl (C=O) groups is 2. The molecule has 0 rings (SSSR count). The predicted molar refractivity (Wildman–Crippen MR) is 85.4 cm³/mol. The maximum absolute atomic E-state index is 12.6. The maximum Gasteiger partial charge on any atom is 0.323 e. The Morgan fingerprint density at radius 1 is 0.905 bits per heavy atom. The van der Waals surface area contributed by atoms with E-state index in [1.165, 1.54) is 4.90 Å². The van der Waals surface area contributed by atoms with Crippen LogP contribution in [0, 0.1) is 11.8 Å². The first-order chi connectivity index (χ1) is 9.65. The van der Waals surface area contributed by atoms with Crippen LogP contribution in [0.15, 0.2) is 0 Å². The first-order valence-electron chi connectivity index (χ1n) is 7.92. The SMILES string of the molecule is CC(C)CCN(CCC(C)C)C(=O)N(CC(=O)O)C(C)C. The van der Waals surface area contributed by atoms with Gasteiger partial charge in [-0.2, -0.15) is 0 Å². The zero-order chi connectivity index (χ0) is 16.6. The molecule has 0 radical (unpaired) electrons. The smallest absolute Gasteiger partial charge is 0.323 e. The van der Waals surface area contributed by atoms with Crippen molar-refractivity contribution in [3.63, 3.8) is 0 Å². The van der Waals surface area contributed by atoms with Gasteiger partial charge in [-0.3, -0.25) is 4.79 Å². The van der Waals surface area contributed by atoms with Gasteiger partial charge in [-0.1, -0.05) is 27.7 Å². The molecule has 0 aromatic heterocycles. The molecule has 5 heteroatoms. The highest BCUT2D eigenvalue weighted by Gasteiger charge is 2.25. The minimum absolute atomic E-state index is 0.116. The van der Waals surface area contributed by atoms with Crippen molar-refractivity contribution in [3.05, 3.63) is 0 Å². The first kappa shape index (κ1) is 19.7. The van der Waals surface area contributed by atoms with Crippen LogP contribution in [0.25, 0.3) is 0 Å². The van der Waals surface area contributed by atoms with E-state index in [0.29, 0.717) is 24.9 Å². The van der Waals surface area contributed by atoms with E-state index >= 15 is 0 Å². The minimum Gasteiger partial charge on any atom is -0.480 e. The standard InChI is InChI=1S/C16H32N2O3/c1-12(2)7-9-17(10-8-13(3)4)16(21)18(14(5)6)11-15(19)20/h12-14H,7-11H2,1-6H3,(H,19,20). The molecule has 0 fully saturated rings. The van der Waals surface area contributed by atoms with Crippen LogP contribution in [0.4, 0.5) is 4.79 Å². The molecule has 0 aromatic rings. The highest BCUT2D eigenvalue weighted by Crippen LogP contribution is 2.11. The Kier molecular flexibility index (Phi) is 9.06. The van der Waals surface area contributed by atoms with Gasteiger partial charge in [0, 0.05) is 19.1 Å². The van der Waals surface area contributed by atoms with Gasteiger partial charge in [0.2, 0.25) is 0 Å². The average molecular weight is 300 g/mol. The molecule has 0 aromatic carbocycles. The second-order valence-corrected chi connectivity index (χ2v) is 6.75. The molecule has 0 saturated carbocycles. The van der Waals surface area contributed by atoms with Gasteiger partial charge in [-0.25, -0.2) is 4.79 Å². The molecule has 0 atom stereocenters. The van der Waals surface area contributed by atoms with Crippen LogP contribution in [-0.2, 0) is 4.79 Å². The van der Waals surface area contributed by atoms with E-state index in [2.05, 4.69) is 27.7 Å². The topological polar surface area (TPSA) is 60.9 Å². The molecular weight excluding hydrogens is 268 g/mol. The van der Waals surface area contributed by atoms with Crippen molar-refractivity contribution in [1.82, 2.24) is 9.80 Å². The molecule has 0 spiro atoms. The van der Waals surface area contributed by atoms with E-state index in [9.17, 15) is 9.59 Å². The third-order valence-electron chi connectivity index (χ3n) is 3.40. The largest absolute Gasteiger partial charge is 0.480 e. The number of rotatable bonds is 9. The van der Waals surface area contributed by atoms with E-state index in [1.807, 2.05) is 18.7 Å². The Hall–Kier alpha value is -1.26. The van der Waals surface area contributed by atoms with Crippen molar-refractivity contribution < 1.29 is 14.7 Å². The minimum atomic E-state index is -0.968. The van der Waals surface area contributed by atoms with Crippen LogP contribution < -0.4 is 0 Å². The summed E-state index contributed by atoms with van der Waals surface area (Å²) in [4.78, 5) is 26.8. The molecule has 2 amide bonds. The van der Waals surface area contributed by atoms with Crippen molar-refractivity contribution in [2.24, 2.45) is 11.8 Å². The Labute approximate surface area is 129 Å². The number of carboxylic acid groups (broad SMARTS) is 1. The van der Waals surface area contributed by atoms with Gasteiger partial charge in [-0.05, 0) is 38.5 Å². The Bertz CT molecular complexity index is 315. The summed E-state index contributed by atoms with van der Waals surface area (Å²) in [5.41, 5.74) is 0. The van der Waals surface area contributed by atoms with Gasteiger partial charge in [0.15, 0.2) is 0 Å². The zero-order valence-electron chi connectivity index (χ0n) is 14.4. The van der Waals surface area contributed by atoms with Gasteiger partial charge in [0.25, 0.3) is 0 Å². The van der Waals surface area contributed by atoms with Gasteiger partial charge >= 0.3 is 12.0 Å². The van der Waals surface area contributed by atoms with E-state index < -0.39 is 5.97 Å². The summed E-state index contributed by atoms with van der Waals surface area (Å²) in [6, 6.07) is -0.275. The summed E-state index contributed by atoms with van der Waals surface area (Å²) in [6.45, 7) is 13.3. The molecule has 0 aliphatic rings. The summed E-state index contributed by atoms with van der Waals surface area (Å²) in [6.07, 6.45) is 1.87. The van der Waals surface area contributed by atoms with Gasteiger partial charge in [0.1, 0.15) is 6.54 Å². The number of amides is 2. The summed E-state index contributed by atoms with van der Waals surface area (Å²) >= 11 is 0. The van der Waals surface area contributed by atoms with Crippen LogP contribution in [0.5, 0.6) is 0 Å². The second-order valence-electron chi connectivity index (χ2n) is 6.75. The normalized spacial score (nSPS) is 11.3. The van der Waals surface area contributed by atoms with Crippen LogP contribution in [-0.4, -0.2) is 52.6 Å². The Morgan fingerprint density at radius 2 is 1.33 bits per heavy atom. The highest BCUT2D eigenvalue weighted by atomic mass is 16.4. The fraction of sp³-hybridized carbons (Fsp3) is 0.875. The fourth-order valence-corrected chi connectivity index (χ4v) is 1.93. The lowest BCUT2D eigenvalue weighted by molar-refractivity contribution is -0.138. The van der Waals surface area contributed by atoms with E-state index in [0.717, 1.165) is 12.8 Å². The number of aliphatic carboxylic acids is 1. The molecule has 0 bridgehead atoms. The maximum atomic E-state index is 12.6. The summed E-state index contributed by atoms with van der Waals surface area (Å²) in [5.74, 6) is 0.0716. The van der Waals surface area contributed by atoms with Gasteiger partial charge in [0.05, 0.1) is 0 Å². The molecule has 0 aliphatic heterocycles. The van der Waals surface area contributed by atoms with Crippen molar-refractivity contribution in [2.75, 3.05) is 19.6 Å². The first-order valence-corrected chi connectivity index (χ1v) is 7.92. The van der Waals surface area contributed by atoms with Crippen molar-refractivity contribution in [3.8, 4) is 0 Å². The van der Waals surface area contributed by atoms with Crippen LogP contribution in [0.2, 0.25) is 0 Å². The number of hydrogen-bond donors (Lipinski definition) is 1. The van der Waals surface area contributed by atoms with Crippen molar-refractivity contribution in [2.45, 2.75) is 60.4 Å². The number of carboxylic acids is 1. The number of hydrogen-bond acceptors (Lipinski definition) is 2. The second kappa shape index (κ2) is 9.64. The summed E-state index contributed by atoms with van der Waals surface area (Å²) < 4.78 is 0. The molecular formula is C16H32N2O3. The Morgan fingerprint density at radius 3 is 1.62 bits per heavy atom. The lowest BCUT2D eigenvalue weighted by atomic mass is 10.1. The van der Waals surface area contributed by atoms with E-state index in [4.69, 9.17) is 5.11 Å². The predicted octanol–water partition coefficient (Wildman–Crippen LogP) is 3.30. The lowest BCUT2D eigenvalue weighted by Gasteiger charge is -2.33. The van der Waals surface area contributed by atoms with Gasteiger partial charge < -0.3 is 14.9 Å². The Balaban J connectivity index is 4.88. The van der Waals surface area contributed by atoms with E-state index in [1.54, 1.807) is 0 Å². The van der Waals surface area contributed by atoms with Crippen LogP contribution in [0.3, 0.4) is 0 Å². The molecule has 5 nitrogen and oxygen atoms in total. The molecule has 124 valence electrons. The van der Waals surface area contributed by atoms with Crippen LogP contribution in [0.1, 0.15) is 54.4 Å². The molecule has 0 unspecified atom stereocenters. The van der Waals surface area contributed by atoms with Crippen molar-refractivity contribution >= 4 is 12.0 Å². The van der Waals surface area contributed by atoms with Gasteiger partial charge in [-0.15, -0.1) is 0 Å². The average Bonchev–Trinajstić information content (AvgIpc) is 2.34. The monoisotopic (exact) mass is 300 g/mol. The summed E-state index contributed by atoms with van der Waals surface area (Å²) in [5, 5.41) is 8.99. The fourth-order valence-electron chi connectivity index (χ4n) is 1.93. The number of nitrogens with zero attached hydrogens (tertiary/aromatic N) is 2. The quantitative estimate of drug-likeness (QED) is 0.710. The number of carbonyl (C=O) groups excluding carboxylic acids is 1. The molecule has 0 aliphatic carbocycles. The lowest BCUT2D eigenvalue weighted by Crippen LogP contribution is -2.49. The number of urea groups is 1. The zero-order valence-corrected chi connectivity index (χ0v) is 14.4. The van der Waals surface area contributed by atoms with Crippen LogP contribution >= 0.6 is 0 Å². The van der Waals surface area contributed by atoms with E-state index in [-0.39, 0.29) is 18.6 Å². The molecule has 0 saturated heterocycles. The molecule has 0 heterocycles. The van der Waals surface area contributed by atoms with Crippen molar-refractivity contribution in [1.29, 1.82) is 0 Å². The third kappa shape index (κ3) is 8.58. The third-order valence-corrected chi connectivity index (χ3v) is 3.40.